The van der Waals surface area contributed by atoms with E-state index in [0.29, 0.717) is 16.5 Å². The molecule has 0 saturated carbocycles. The number of fused-ring (bicyclic) bond motifs is 3. The largest absolute Gasteiger partial charge is 0.480 e. The van der Waals surface area contributed by atoms with E-state index in [2.05, 4.69) is 5.10 Å². The van der Waals surface area contributed by atoms with Crippen LogP contribution in [0.2, 0.25) is 0 Å². The number of para-hydroxylation sites is 1. The third-order valence-electron chi connectivity index (χ3n) is 4.34. The summed E-state index contributed by atoms with van der Waals surface area (Å²) < 4.78 is 16.8. The highest BCUT2D eigenvalue weighted by Crippen LogP contribution is 2.27. The first-order chi connectivity index (χ1) is 12.6. The van der Waals surface area contributed by atoms with Gasteiger partial charge in [0, 0.05) is 21.9 Å². The molecule has 0 amide bonds. The Labute approximate surface area is 146 Å². The van der Waals surface area contributed by atoms with Gasteiger partial charge in [-0.3, -0.25) is 9.59 Å². The molecule has 0 unspecified atom stereocenters. The Bertz CT molecular complexity index is 1210. The third-order valence-corrected chi connectivity index (χ3v) is 4.34. The van der Waals surface area contributed by atoms with Crippen LogP contribution in [0.4, 0.5) is 4.39 Å². The van der Waals surface area contributed by atoms with Gasteiger partial charge in [0.1, 0.15) is 17.9 Å². The van der Waals surface area contributed by atoms with Crippen molar-refractivity contribution in [2.45, 2.75) is 13.1 Å². The molecule has 0 aliphatic heterocycles. The lowest BCUT2D eigenvalue weighted by Gasteiger charge is -2.09. The topological polar surface area (TPSA) is 77.1 Å². The molecule has 2 aromatic heterocycles. The molecule has 0 spiro atoms. The van der Waals surface area contributed by atoms with Gasteiger partial charge in [0.2, 0.25) is 0 Å². The van der Waals surface area contributed by atoms with E-state index in [9.17, 15) is 14.0 Å². The normalized spacial score (nSPS) is 11.3. The highest BCUT2D eigenvalue weighted by Gasteiger charge is 2.17. The standard InChI is InChI=1S/C19H14FN3O3/c20-15-7-3-1-5-12(15)10-22-16-8-4-2-6-13(16)14-9-21-23(11-17(24)25)19(26)18(14)22/h1-9H,10-11H2,(H,24,25). The van der Waals surface area contributed by atoms with Gasteiger partial charge in [-0.15, -0.1) is 0 Å². The van der Waals surface area contributed by atoms with Crippen LogP contribution >= 0.6 is 0 Å². The number of rotatable bonds is 4. The lowest BCUT2D eigenvalue weighted by molar-refractivity contribution is -0.138. The zero-order valence-electron chi connectivity index (χ0n) is 13.6. The molecule has 0 bridgehead atoms. The summed E-state index contributed by atoms with van der Waals surface area (Å²) in [6.07, 6.45) is 1.49. The zero-order valence-corrected chi connectivity index (χ0v) is 13.6. The smallest absolute Gasteiger partial charge is 0.325 e. The van der Waals surface area contributed by atoms with Crippen LogP contribution in [0.25, 0.3) is 21.8 Å². The van der Waals surface area contributed by atoms with Crippen molar-refractivity contribution in [3.8, 4) is 0 Å². The van der Waals surface area contributed by atoms with Crippen LogP contribution in [0.15, 0.2) is 59.5 Å². The number of benzene rings is 2. The van der Waals surface area contributed by atoms with E-state index < -0.39 is 18.1 Å². The molecule has 0 fully saturated rings. The van der Waals surface area contributed by atoms with Crippen LogP contribution in [-0.2, 0) is 17.9 Å². The van der Waals surface area contributed by atoms with Crippen molar-refractivity contribution < 1.29 is 14.3 Å². The fraction of sp³-hybridized carbons (Fsp3) is 0.105. The number of carboxylic acids is 1. The van der Waals surface area contributed by atoms with Crippen molar-refractivity contribution in [1.29, 1.82) is 0 Å². The van der Waals surface area contributed by atoms with Gasteiger partial charge in [0.25, 0.3) is 5.56 Å². The van der Waals surface area contributed by atoms with E-state index in [0.717, 1.165) is 15.6 Å². The first-order valence-corrected chi connectivity index (χ1v) is 7.98. The van der Waals surface area contributed by atoms with Crippen LogP contribution in [0, 0.1) is 5.82 Å². The second kappa shape index (κ2) is 6.11. The molecule has 0 saturated heterocycles. The van der Waals surface area contributed by atoms with E-state index >= 15 is 0 Å². The van der Waals surface area contributed by atoms with Crippen LogP contribution in [0.3, 0.4) is 0 Å². The van der Waals surface area contributed by atoms with Crippen LogP contribution in [-0.4, -0.2) is 25.4 Å². The highest BCUT2D eigenvalue weighted by atomic mass is 19.1. The molecule has 26 heavy (non-hydrogen) atoms. The van der Waals surface area contributed by atoms with Crippen molar-refractivity contribution >= 4 is 27.8 Å². The molecule has 7 heteroatoms. The van der Waals surface area contributed by atoms with E-state index in [1.54, 1.807) is 22.8 Å². The number of nitrogens with zero attached hydrogens (tertiary/aromatic N) is 3. The molecule has 0 aliphatic carbocycles. The Morgan fingerprint density at radius 1 is 1.08 bits per heavy atom. The fourth-order valence-corrected chi connectivity index (χ4v) is 3.20. The Balaban J connectivity index is 2.03. The van der Waals surface area contributed by atoms with Gasteiger partial charge in [-0.2, -0.15) is 5.10 Å². The van der Waals surface area contributed by atoms with Gasteiger partial charge < -0.3 is 9.67 Å². The number of carboxylic acid groups (broad SMARTS) is 1. The number of aliphatic carboxylic acids is 1. The van der Waals surface area contributed by atoms with Gasteiger partial charge in [0.05, 0.1) is 12.7 Å². The van der Waals surface area contributed by atoms with Crippen LogP contribution in [0.1, 0.15) is 5.56 Å². The molecule has 6 nitrogen and oxygen atoms in total. The predicted molar refractivity (Wildman–Crippen MR) is 94.6 cm³/mol. The monoisotopic (exact) mass is 351 g/mol. The Hall–Kier alpha value is -3.48. The number of carbonyl (C=O) groups is 1. The first-order valence-electron chi connectivity index (χ1n) is 7.98. The molecule has 0 radical (unpaired) electrons. The first kappa shape index (κ1) is 16.0. The van der Waals surface area contributed by atoms with Gasteiger partial charge in [-0.25, -0.2) is 9.07 Å². The van der Waals surface area contributed by atoms with Crippen LogP contribution < -0.4 is 5.56 Å². The molecule has 0 atom stereocenters. The maximum Gasteiger partial charge on any atom is 0.325 e. The third kappa shape index (κ3) is 2.54. The van der Waals surface area contributed by atoms with Crippen molar-refractivity contribution in [3.05, 3.63) is 76.5 Å². The molecular formula is C19H14FN3O3. The lowest BCUT2D eigenvalue weighted by Crippen LogP contribution is -2.27. The SMILES string of the molecule is O=C(O)Cn1ncc2c3ccccc3n(Cc3ccccc3F)c2c1=O. The summed E-state index contributed by atoms with van der Waals surface area (Å²) in [6.45, 7) is -0.376. The van der Waals surface area contributed by atoms with Crippen molar-refractivity contribution in [2.75, 3.05) is 0 Å². The van der Waals surface area contributed by atoms with E-state index in [4.69, 9.17) is 5.11 Å². The summed E-state index contributed by atoms with van der Waals surface area (Å²) in [5.74, 6) is -1.52. The molecule has 130 valence electrons. The number of aromatic nitrogens is 3. The second-order valence-electron chi connectivity index (χ2n) is 5.96. The molecule has 1 N–H and O–H groups in total. The maximum absolute atomic E-state index is 14.1. The van der Waals surface area contributed by atoms with Crippen molar-refractivity contribution in [3.63, 3.8) is 0 Å². The number of hydrogen-bond acceptors (Lipinski definition) is 3. The van der Waals surface area contributed by atoms with E-state index in [-0.39, 0.29) is 12.4 Å². The number of halogens is 1. The minimum atomic E-state index is -1.16. The highest BCUT2D eigenvalue weighted by molar-refractivity contribution is 6.07. The Morgan fingerprint density at radius 3 is 2.58 bits per heavy atom. The van der Waals surface area contributed by atoms with Gasteiger partial charge in [-0.05, 0) is 12.1 Å². The predicted octanol–water partition coefficient (Wildman–Crippen LogP) is 2.62. The van der Waals surface area contributed by atoms with E-state index in [1.165, 1.54) is 12.3 Å². The van der Waals surface area contributed by atoms with Gasteiger partial charge in [0.15, 0.2) is 0 Å². The maximum atomic E-state index is 14.1. The minimum Gasteiger partial charge on any atom is -0.480 e. The average molecular weight is 351 g/mol. The fourth-order valence-electron chi connectivity index (χ4n) is 3.20. The Kier molecular flexibility index (Phi) is 3.76. The molecule has 2 heterocycles. The average Bonchev–Trinajstić information content (AvgIpc) is 2.94. The van der Waals surface area contributed by atoms with E-state index in [1.807, 2.05) is 24.3 Å². The molecule has 0 aliphatic rings. The number of hydrogen-bond donors (Lipinski definition) is 1. The summed E-state index contributed by atoms with van der Waals surface area (Å²) in [6, 6.07) is 13.8. The summed E-state index contributed by atoms with van der Waals surface area (Å²) in [5, 5.41) is 14.4. The lowest BCUT2D eigenvalue weighted by atomic mass is 10.2. The Morgan fingerprint density at radius 2 is 1.81 bits per heavy atom. The summed E-state index contributed by atoms with van der Waals surface area (Å²) in [4.78, 5) is 23.8. The van der Waals surface area contributed by atoms with Gasteiger partial charge >= 0.3 is 5.97 Å². The summed E-state index contributed by atoms with van der Waals surface area (Å²) in [5.41, 5.74) is 0.997. The van der Waals surface area contributed by atoms with Crippen molar-refractivity contribution in [2.24, 2.45) is 0 Å². The molecule has 4 rings (SSSR count). The van der Waals surface area contributed by atoms with Gasteiger partial charge in [-0.1, -0.05) is 36.4 Å². The quantitative estimate of drug-likeness (QED) is 0.613. The molecular weight excluding hydrogens is 337 g/mol. The van der Waals surface area contributed by atoms with Crippen LogP contribution in [0.5, 0.6) is 0 Å². The zero-order chi connectivity index (χ0) is 18.3. The van der Waals surface area contributed by atoms with Crippen molar-refractivity contribution in [1.82, 2.24) is 14.3 Å². The summed E-state index contributed by atoms with van der Waals surface area (Å²) in [7, 11) is 0. The second-order valence-corrected chi connectivity index (χ2v) is 5.96. The summed E-state index contributed by atoms with van der Waals surface area (Å²) >= 11 is 0. The molecule has 2 aromatic carbocycles. The molecule has 4 aromatic rings. The minimum absolute atomic E-state index is 0.156.